The van der Waals surface area contributed by atoms with Gasteiger partial charge in [-0.05, 0) is 53.7 Å². The predicted molar refractivity (Wildman–Crippen MR) is 114 cm³/mol. The summed E-state index contributed by atoms with van der Waals surface area (Å²) in [5.41, 5.74) is 4.76. The van der Waals surface area contributed by atoms with Gasteiger partial charge in [-0.15, -0.1) is 0 Å². The van der Waals surface area contributed by atoms with Crippen molar-refractivity contribution in [2.45, 2.75) is 6.18 Å². The van der Waals surface area contributed by atoms with Crippen LogP contribution in [0.15, 0.2) is 46.3 Å². The zero-order valence-electron chi connectivity index (χ0n) is 16.7. The molecular formula is C21H17F3N4O3S. The molecule has 3 N–H and O–H groups in total. The van der Waals surface area contributed by atoms with E-state index in [0.717, 1.165) is 23.9 Å². The maximum atomic E-state index is 13.4. The van der Waals surface area contributed by atoms with Crippen LogP contribution in [0.3, 0.4) is 0 Å². The molecule has 0 bridgehead atoms. The minimum atomic E-state index is -4.71. The summed E-state index contributed by atoms with van der Waals surface area (Å²) >= 11 is 1.15. The molecule has 11 heteroatoms. The van der Waals surface area contributed by atoms with Crippen LogP contribution in [0, 0.1) is 11.3 Å². The Hall–Kier alpha value is -3.49. The predicted octanol–water partition coefficient (Wildman–Crippen LogP) is 3.90. The number of amidine groups is 1. The van der Waals surface area contributed by atoms with Crippen molar-refractivity contribution in [2.75, 3.05) is 20.2 Å². The first-order chi connectivity index (χ1) is 15.2. The van der Waals surface area contributed by atoms with Crippen molar-refractivity contribution in [2.24, 2.45) is 10.7 Å². The number of aliphatic imine (C=N–C) groups is 1. The zero-order valence-corrected chi connectivity index (χ0v) is 17.5. The number of rotatable bonds is 6. The molecule has 0 unspecified atom stereocenters. The van der Waals surface area contributed by atoms with Crippen molar-refractivity contribution < 1.29 is 27.4 Å². The van der Waals surface area contributed by atoms with Crippen LogP contribution < -0.4 is 20.5 Å². The van der Waals surface area contributed by atoms with E-state index in [1.807, 2.05) is 0 Å². The summed E-state index contributed by atoms with van der Waals surface area (Å²) in [5.74, 6) is -0.583. The minimum Gasteiger partial charge on any atom is -0.493 e. The van der Waals surface area contributed by atoms with Gasteiger partial charge in [0.05, 0.1) is 35.8 Å². The number of thioether (sulfide) groups is 1. The largest absolute Gasteiger partial charge is 0.493 e. The third-order valence-corrected chi connectivity index (χ3v) is 5.10. The zero-order chi connectivity index (χ0) is 23.3. The van der Waals surface area contributed by atoms with Gasteiger partial charge < -0.3 is 20.5 Å². The van der Waals surface area contributed by atoms with Crippen LogP contribution in [-0.4, -0.2) is 31.3 Å². The van der Waals surface area contributed by atoms with Gasteiger partial charge in [0.2, 0.25) is 0 Å². The van der Waals surface area contributed by atoms with Gasteiger partial charge in [0.15, 0.2) is 16.7 Å². The number of benzene rings is 2. The molecule has 1 aliphatic rings. The number of carbonyl (C=O) groups is 1. The van der Waals surface area contributed by atoms with Crippen LogP contribution in [0.4, 0.5) is 13.2 Å². The van der Waals surface area contributed by atoms with Gasteiger partial charge in [-0.1, -0.05) is 6.07 Å². The number of amides is 1. The summed E-state index contributed by atoms with van der Waals surface area (Å²) in [6, 6.07) is 9.25. The Bertz CT molecular complexity index is 1140. The van der Waals surface area contributed by atoms with E-state index in [0.29, 0.717) is 28.7 Å². The molecule has 3 rings (SSSR count). The second kappa shape index (κ2) is 9.76. The maximum Gasteiger partial charge on any atom is 0.420 e. The molecule has 1 aliphatic heterocycles. The highest BCUT2D eigenvalue weighted by Gasteiger charge is 2.35. The number of nitriles is 1. The standard InChI is InChI=1S/C21H17F3N4O3S/c1-30-17-9-12(10-18-19(29)28-20(32-18)27-7-6-25)2-5-16(17)31-15-4-3-13(11-26)8-14(15)21(22,23)24/h2-5,8-10H,6-7,25H2,1H3,(H,27,28,29)/b18-10+. The number of alkyl halides is 3. The van der Waals surface area contributed by atoms with E-state index < -0.39 is 17.5 Å². The molecule has 1 heterocycles. The summed E-state index contributed by atoms with van der Waals surface area (Å²) < 4.78 is 50.9. The monoisotopic (exact) mass is 462 g/mol. The second-order valence-electron chi connectivity index (χ2n) is 6.37. The molecule has 2 aromatic carbocycles. The molecule has 0 aromatic heterocycles. The number of methoxy groups -OCH3 is 1. The van der Waals surface area contributed by atoms with Crippen LogP contribution in [0.5, 0.6) is 17.2 Å². The van der Waals surface area contributed by atoms with Crippen LogP contribution in [0.25, 0.3) is 6.08 Å². The highest BCUT2D eigenvalue weighted by atomic mass is 32.2. The molecule has 0 saturated carbocycles. The first-order valence-corrected chi connectivity index (χ1v) is 9.99. The Morgan fingerprint density at radius 2 is 1.97 bits per heavy atom. The number of nitrogens with zero attached hydrogens (tertiary/aromatic N) is 2. The van der Waals surface area contributed by atoms with E-state index in [4.69, 9.17) is 20.5 Å². The fourth-order valence-corrected chi connectivity index (χ4v) is 3.55. The highest BCUT2D eigenvalue weighted by Crippen LogP contribution is 2.41. The Balaban J connectivity index is 1.89. The number of hydrogen-bond acceptors (Lipinski definition) is 7. The summed E-state index contributed by atoms with van der Waals surface area (Å²) in [4.78, 5) is 16.6. The fraction of sp³-hybridized carbons (Fsp3) is 0.190. The van der Waals surface area contributed by atoms with Gasteiger partial charge in [0.25, 0.3) is 5.91 Å². The van der Waals surface area contributed by atoms with Crippen molar-refractivity contribution in [3.63, 3.8) is 0 Å². The van der Waals surface area contributed by atoms with Gasteiger partial charge in [0, 0.05) is 6.54 Å². The first-order valence-electron chi connectivity index (χ1n) is 9.18. The van der Waals surface area contributed by atoms with Gasteiger partial charge in [0.1, 0.15) is 5.75 Å². The first kappa shape index (κ1) is 23.2. The van der Waals surface area contributed by atoms with Crippen molar-refractivity contribution in [3.8, 4) is 23.3 Å². The molecule has 0 radical (unpaired) electrons. The molecule has 0 aliphatic carbocycles. The molecule has 0 atom stereocenters. The van der Waals surface area contributed by atoms with Gasteiger partial charge in [-0.2, -0.15) is 18.4 Å². The number of halogens is 3. The SMILES string of the molecule is COc1cc(/C=C2/SC(=NCCN)NC2=O)ccc1Oc1ccc(C#N)cc1C(F)(F)F. The second-order valence-corrected chi connectivity index (χ2v) is 7.40. The average Bonchev–Trinajstić information content (AvgIpc) is 3.11. The van der Waals surface area contributed by atoms with E-state index >= 15 is 0 Å². The summed E-state index contributed by atoms with van der Waals surface area (Å²) in [6.45, 7) is 0.734. The summed E-state index contributed by atoms with van der Waals surface area (Å²) in [6.07, 6.45) is -3.11. The topological polar surface area (TPSA) is 110 Å². The molecule has 1 saturated heterocycles. The quantitative estimate of drug-likeness (QED) is 0.631. The lowest BCUT2D eigenvalue weighted by Gasteiger charge is -2.16. The smallest absolute Gasteiger partial charge is 0.420 e. The molecule has 32 heavy (non-hydrogen) atoms. The Morgan fingerprint density at radius 1 is 1.22 bits per heavy atom. The van der Waals surface area contributed by atoms with Crippen LogP contribution >= 0.6 is 11.8 Å². The molecule has 0 spiro atoms. The molecule has 1 fully saturated rings. The van der Waals surface area contributed by atoms with E-state index in [1.165, 1.54) is 25.3 Å². The number of nitrogens with one attached hydrogen (secondary N) is 1. The van der Waals surface area contributed by atoms with Gasteiger partial charge >= 0.3 is 6.18 Å². The van der Waals surface area contributed by atoms with E-state index in [-0.39, 0.29) is 23.0 Å². The van der Waals surface area contributed by atoms with Crippen molar-refractivity contribution >= 4 is 28.9 Å². The van der Waals surface area contributed by atoms with Crippen LogP contribution in [-0.2, 0) is 11.0 Å². The lowest BCUT2D eigenvalue weighted by molar-refractivity contribution is -0.138. The normalized spacial score (nSPS) is 16.2. The lowest BCUT2D eigenvalue weighted by Crippen LogP contribution is -2.20. The van der Waals surface area contributed by atoms with E-state index in [1.54, 1.807) is 18.2 Å². The lowest BCUT2D eigenvalue weighted by atomic mass is 10.1. The van der Waals surface area contributed by atoms with Crippen LogP contribution in [0.2, 0.25) is 0 Å². The Labute approximate surface area is 185 Å². The molecular weight excluding hydrogens is 445 g/mol. The van der Waals surface area contributed by atoms with E-state index in [9.17, 15) is 18.0 Å². The number of ether oxygens (including phenoxy) is 2. The Morgan fingerprint density at radius 3 is 2.62 bits per heavy atom. The fourth-order valence-electron chi connectivity index (χ4n) is 2.71. The highest BCUT2D eigenvalue weighted by molar-refractivity contribution is 8.18. The summed E-state index contributed by atoms with van der Waals surface area (Å²) in [5, 5.41) is 12.0. The molecule has 166 valence electrons. The maximum absolute atomic E-state index is 13.4. The van der Waals surface area contributed by atoms with Crippen molar-refractivity contribution in [1.29, 1.82) is 5.26 Å². The van der Waals surface area contributed by atoms with Crippen molar-refractivity contribution in [3.05, 3.63) is 58.0 Å². The average molecular weight is 462 g/mol. The number of carbonyl (C=O) groups excluding carboxylic acids is 1. The van der Waals surface area contributed by atoms with Gasteiger partial charge in [-0.3, -0.25) is 9.79 Å². The van der Waals surface area contributed by atoms with Crippen molar-refractivity contribution in [1.82, 2.24) is 5.32 Å². The molecule has 7 nitrogen and oxygen atoms in total. The molecule has 1 amide bonds. The van der Waals surface area contributed by atoms with Crippen LogP contribution in [0.1, 0.15) is 16.7 Å². The van der Waals surface area contributed by atoms with Gasteiger partial charge in [-0.25, -0.2) is 0 Å². The summed E-state index contributed by atoms with van der Waals surface area (Å²) in [7, 11) is 1.34. The molecule has 2 aromatic rings. The number of hydrogen-bond donors (Lipinski definition) is 2. The third kappa shape index (κ3) is 5.40. The third-order valence-electron chi connectivity index (χ3n) is 4.15. The Kier molecular flexibility index (Phi) is 7.07. The van der Waals surface area contributed by atoms with E-state index in [2.05, 4.69) is 10.3 Å². The minimum absolute atomic E-state index is 0.0404. The number of nitrogens with two attached hydrogens (primary N) is 1.